The zero-order valence-electron chi connectivity index (χ0n) is 21.0. The molecule has 4 rings (SSSR count). The topological polar surface area (TPSA) is 68.8 Å². The molecule has 0 bridgehead atoms. The van der Waals surface area contributed by atoms with Gasteiger partial charge in [-0.2, -0.15) is 0 Å². The zero-order valence-corrected chi connectivity index (χ0v) is 21.0. The smallest absolute Gasteiger partial charge is 0.250 e. The van der Waals surface area contributed by atoms with E-state index in [2.05, 4.69) is 48.1 Å². The number of likely N-dealkylation sites (tertiary alicyclic amines) is 1. The van der Waals surface area contributed by atoms with Crippen molar-refractivity contribution in [2.75, 3.05) is 38.6 Å². The molecule has 2 unspecified atom stereocenters. The average Bonchev–Trinajstić information content (AvgIpc) is 3.31. The molecule has 2 amide bonds. The van der Waals surface area contributed by atoms with Gasteiger partial charge in [-0.25, -0.2) is 0 Å². The minimum absolute atomic E-state index is 0.00221. The van der Waals surface area contributed by atoms with E-state index in [1.54, 1.807) is 17.3 Å². The lowest BCUT2D eigenvalue weighted by molar-refractivity contribution is -0.141. The molecule has 0 radical (unpaired) electrons. The van der Waals surface area contributed by atoms with Gasteiger partial charge in [0.2, 0.25) is 5.91 Å². The van der Waals surface area contributed by atoms with Gasteiger partial charge in [0.25, 0.3) is 5.91 Å². The minimum Gasteiger partial charge on any atom is -0.337 e. The molecular formula is C27H37N5O2. The Balaban J connectivity index is 1.75. The summed E-state index contributed by atoms with van der Waals surface area (Å²) < 4.78 is 0. The van der Waals surface area contributed by atoms with E-state index in [0.29, 0.717) is 19.1 Å². The van der Waals surface area contributed by atoms with Crippen LogP contribution >= 0.6 is 0 Å². The molecule has 0 saturated carbocycles. The molecule has 7 nitrogen and oxygen atoms in total. The van der Waals surface area contributed by atoms with Gasteiger partial charge >= 0.3 is 0 Å². The molecule has 1 aromatic carbocycles. The standard InChI is InChI=1S/C27H37N5O2/c1-27(2,3)20-10-12-21(13-11-20)32(25(33)23-9-7-15-29-23)24(19-8-6-14-28-16-19)26(34)31-17-22(18-31)30(4)5/h6,8,10-14,16,22-24,29H,7,9,15,17-18H2,1-5H3. The van der Waals surface area contributed by atoms with Crippen molar-refractivity contribution >= 4 is 17.5 Å². The van der Waals surface area contributed by atoms with Crippen LogP contribution in [-0.2, 0) is 15.0 Å². The van der Waals surface area contributed by atoms with E-state index in [1.165, 1.54) is 5.56 Å². The third kappa shape index (κ3) is 5.00. The van der Waals surface area contributed by atoms with Crippen LogP contribution in [0.5, 0.6) is 0 Å². The van der Waals surface area contributed by atoms with E-state index < -0.39 is 6.04 Å². The fraction of sp³-hybridized carbons (Fsp3) is 0.519. The molecule has 2 atom stereocenters. The van der Waals surface area contributed by atoms with Crippen molar-refractivity contribution in [2.45, 2.75) is 57.2 Å². The van der Waals surface area contributed by atoms with E-state index in [9.17, 15) is 9.59 Å². The van der Waals surface area contributed by atoms with Gasteiger partial charge in [0.15, 0.2) is 0 Å². The third-order valence-electron chi connectivity index (χ3n) is 7.00. The van der Waals surface area contributed by atoms with E-state index in [-0.39, 0.29) is 23.3 Å². The summed E-state index contributed by atoms with van der Waals surface area (Å²) in [6.45, 7) is 8.64. The number of carbonyl (C=O) groups excluding carboxylic acids is 2. The summed E-state index contributed by atoms with van der Waals surface area (Å²) in [4.78, 5) is 37.8. The Morgan fingerprint density at radius 1 is 1.12 bits per heavy atom. The minimum atomic E-state index is -0.757. The second-order valence-corrected chi connectivity index (χ2v) is 10.7. The van der Waals surface area contributed by atoms with Crippen LogP contribution in [-0.4, -0.2) is 72.4 Å². The first-order valence-corrected chi connectivity index (χ1v) is 12.2. The summed E-state index contributed by atoms with van der Waals surface area (Å²) in [5.41, 5.74) is 2.65. The maximum atomic E-state index is 13.9. The molecule has 182 valence electrons. The number of pyridine rings is 1. The number of benzene rings is 1. The van der Waals surface area contributed by atoms with Gasteiger partial charge in [-0.15, -0.1) is 0 Å². The normalized spacial score (nSPS) is 19.7. The van der Waals surface area contributed by atoms with E-state index in [4.69, 9.17) is 0 Å². The number of anilines is 1. The lowest BCUT2D eigenvalue weighted by Gasteiger charge is -2.45. The first-order chi connectivity index (χ1) is 16.2. The van der Waals surface area contributed by atoms with E-state index in [1.807, 2.05) is 43.3 Å². The molecule has 1 aromatic heterocycles. The maximum absolute atomic E-state index is 13.9. The summed E-state index contributed by atoms with van der Waals surface area (Å²) in [6, 6.07) is 11.1. The molecule has 2 aromatic rings. The Kier molecular flexibility index (Phi) is 7.05. The quantitative estimate of drug-likeness (QED) is 0.713. The number of rotatable bonds is 6. The Bertz CT molecular complexity index is 988. The largest absolute Gasteiger partial charge is 0.337 e. The summed E-state index contributed by atoms with van der Waals surface area (Å²) in [5, 5.41) is 3.33. The van der Waals surface area contributed by atoms with E-state index >= 15 is 0 Å². The van der Waals surface area contributed by atoms with Crippen LogP contribution in [0.1, 0.15) is 50.8 Å². The highest BCUT2D eigenvalue weighted by Gasteiger charge is 2.42. The van der Waals surface area contributed by atoms with Crippen LogP contribution in [0.15, 0.2) is 48.8 Å². The number of hydrogen-bond acceptors (Lipinski definition) is 5. The maximum Gasteiger partial charge on any atom is 0.250 e. The molecule has 2 fully saturated rings. The van der Waals surface area contributed by atoms with Gasteiger partial charge in [-0.1, -0.05) is 39.0 Å². The second-order valence-electron chi connectivity index (χ2n) is 10.7. The number of likely N-dealkylation sites (N-methyl/N-ethyl adjacent to an activating group) is 1. The van der Waals surface area contributed by atoms with Crippen molar-refractivity contribution in [1.29, 1.82) is 0 Å². The number of hydrogen-bond donors (Lipinski definition) is 1. The Morgan fingerprint density at radius 2 is 1.82 bits per heavy atom. The molecule has 2 saturated heterocycles. The molecule has 3 heterocycles. The van der Waals surface area contributed by atoms with E-state index in [0.717, 1.165) is 30.6 Å². The van der Waals surface area contributed by atoms with Crippen LogP contribution in [0.4, 0.5) is 5.69 Å². The highest BCUT2D eigenvalue weighted by Crippen LogP contribution is 2.34. The van der Waals surface area contributed by atoms with Gasteiger partial charge in [0, 0.05) is 42.8 Å². The van der Waals surface area contributed by atoms with Crippen molar-refractivity contribution < 1.29 is 9.59 Å². The summed E-state index contributed by atoms with van der Waals surface area (Å²) in [5.74, 6) is -0.120. The third-order valence-corrected chi connectivity index (χ3v) is 7.00. The molecule has 0 aliphatic carbocycles. The summed E-state index contributed by atoms with van der Waals surface area (Å²) >= 11 is 0. The molecule has 1 N–H and O–H groups in total. The predicted octanol–water partition coefficient (Wildman–Crippen LogP) is 2.98. The first-order valence-electron chi connectivity index (χ1n) is 12.2. The molecule has 2 aliphatic rings. The lowest BCUT2D eigenvalue weighted by Crippen LogP contribution is -2.62. The van der Waals surface area contributed by atoms with Gasteiger partial charge in [0.1, 0.15) is 6.04 Å². The number of nitrogens with zero attached hydrogens (tertiary/aromatic N) is 4. The molecule has 0 spiro atoms. The van der Waals surface area contributed by atoms with Crippen molar-refractivity contribution in [1.82, 2.24) is 20.1 Å². The summed E-state index contributed by atoms with van der Waals surface area (Å²) in [7, 11) is 4.06. The highest BCUT2D eigenvalue weighted by molar-refractivity contribution is 6.04. The van der Waals surface area contributed by atoms with Gasteiger partial charge in [-0.3, -0.25) is 19.5 Å². The van der Waals surface area contributed by atoms with Crippen molar-refractivity contribution in [3.8, 4) is 0 Å². The van der Waals surface area contributed by atoms with Crippen LogP contribution in [0.2, 0.25) is 0 Å². The van der Waals surface area contributed by atoms with Crippen molar-refractivity contribution in [3.05, 3.63) is 59.9 Å². The summed E-state index contributed by atoms with van der Waals surface area (Å²) in [6.07, 6.45) is 5.13. The van der Waals surface area contributed by atoms with Crippen molar-refractivity contribution in [2.24, 2.45) is 0 Å². The molecule has 7 heteroatoms. The number of amides is 2. The Hall–Kier alpha value is -2.77. The van der Waals surface area contributed by atoms with Crippen LogP contribution in [0, 0.1) is 0 Å². The Labute approximate surface area is 203 Å². The molecular weight excluding hydrogens is 426 g/mol. The predicted molar refractivity (Wildman–Crippen MR) is 135 cm³/mol. The number of aromatic nitrogens is 1. The second kappa shape index (κ2) is 9.84. The highest BCUT2D eigenvalue weighted by atomic mass is 16.2. The lowest BCUT2D eigenvalue weighted by atomic mass is 9.87. The zero-order chi connectivity index (χ0) is 24.5. The van der Waals surface area contributed by atoms with Crippen LogP contribution in [0.3, 0.4) is 0 Å². The van der Waals surface area contributed by atoms with Gasteiger partial charge in [0.05, 0.1) is 6.04 Å². The first kappa shape index (κ1) is 24.4. The average molecular weight is 464 g/mol. The fourth-order valence-electron chi connectivity index (χ4n) is 4.66. The number of nitrogens with one attached hydrogen (secondary N) is 1. The Morgan fingerprint density at radius 3 is 2.35 bits per heavy atom. The fourth-order valence-corrected chi connectivity index (χ4v) is 4.66. The monoisotopic (exact) mass is 463 g/mol. The van der Waals surface area contributed by atoms with Crippen molar-refractivity contribution in [3.63, 3.8) is 0 Å². The SMILES string of the molecule is CN(C)C1CN(C(=O)C(c2cccnc2)N(C(=O)C2CCCN2)c2ccc(C(C)(C)C)cc2)C1. The molecule has 34 heavy (non-hydrogen) atoms. The van der Waals surface area contributed by atoms with Gasteiger partial charge in [-0.05, 0) is 62.7 Å². The van der Waals surface area contributed by atoms with Crippen LogP contribution < -0.4 is 10.2 Å². The number of carbonyl (C=O) groups is 2. The molecule has 2 aliphatic heterocycles. The van der Waals surface area contributed by atoms with Gasteiger partial charge < -0.3 is 15.1 Å². The van der Waals surface area contributed by atoms with Crippen LogP contribution in [0.25, 0.3) is 0 Å².